The Labute approximate surface area is 125 Å². The average molecular weight is 303 g/mol. The highest BCUT2D eigenvalue weighted by molar-refractivity contribution is 5.88. The van der Waals surface area contributed by atoms with E-state index in [1.807, 2.05) is 30.3 Å². The van der Waals surface area contributed by atoms with E-state index in [1.54, 1.807) is 0 Å². The minimum Gasteiger partial charge on any atom is -0.326 e. The lowest BCUT2D eigenvalue weighted by Crippen LogP contribution is -2.04. The molecule has 1 N–H and O–H groups in total. The van der Waals surface area contributed by atoms with Crippen LogP contribution < -0.4 is 5.32 Å². The SMILES string of the molecule is CC(=O)Nc1ccccc1.O=[N+]([O-])c1ccc([N+](=O)[O-])cc1. The summed E-state index contributed by atoms with van der Waals surface area (Å²) in [5.41, 5.74) is 0.538. The molecule has 22 heavy (non-hydrogen) atoms. The van der Waals surface area contributed by atoms with E-state index in [9.17, 15) is 25.0 Å². The van der Waals surface area contributed by atoms with Crippen LogP contribution in [0.1, 0.15) is 6.92 Å². The molecule has 0 fully saturated rings. The minimum absolute atomic E-state index is 0.0359. The largest absolute Gasteiger partial charge is 0.326 e. The molecule has 0 atom stereocenters. The minimum atomic E-state index is -0.607. The number of hydrogen-bond donors (Lipinski definition) is 1. The molecule has 2 rings (SSSR count). The number of nitro benzene ring substituents is 2. The molecule has 0 aliphatic carbocycles. The lowest BCUT2D eigenvalue weighted by molar-refractivity contribution is -0.389. The fourth-order valence-corrected chi connectivity index (χ4v) is 1.42. The molecule has 0 radical (unpaired) electrons. The summed E-state index contributed by atoms with van der Waals surface area (Å²) in [6, 6.07) is 13.7. The molecule has 0 bridgehead atoms. The number of para-hydroxylation sites is 1. The van der Waals surface area contributed by atoms with Gasteiger partial charge in [-0.25, -0.2) is 0 Å². The van der Waals surface area contributed by atoms with Gasteiger partial charge >= 0.3 is 0 Å². The highest BCUT2D eigenvalue weighted by atomic mass is 16.6. The molecule has 0 aromatic heterocycles. The maximum Gasteiger partial charge on any atom is 0.269 e. The summed E-state index contributed by atoms with van der Waals surface area (Å²) in [5, 5.41) is 22.9. The number of non-ortho nitro benzene ring substituents is 2. The van der Waals surface area contributed by atoms with E-state index < -0.39 is 9.85 Å². The first kappa shape index (κ1) is 16.8. The van der Waals surface area contributed by atoms with Gasteiger partial charge in [0.15, 0.2) is 0 Å². The average Bonchev–Trinajstić information content (AvgIpc) is 2.48. The van der Waals surface area contributed by atoms with Crippen LogP contribution >= 0.6 is 0 Å². The van der Waals surface area contributed by atoms with Crippen molar-refractivity contribution in [3.63, 3.8) is 0 Å². The molecule has 1 amide bonds. The highest BCUT2D eigenvalue weighted by Gasteiger charge is 2.08. The zero-order chi connectivity index (χ0) is 16.5. The Bertz CT molecular complexity index is 623. The van der Waals surface area contributed by atoms with Crippen molar-refractivity contribution < 1.29 is 14.6 Å². The van der Waals surface area contributed by atoms with Crippen molar-refractivity contribution in [2.24, 2.45) is 0 Å². The molecule has 0 saturated carbocycles. The maximum absolute atomic E-state index is 10.5. The fraction of sp³-hybridized carbons (Fsp3) is 0.0714. The Morgan fingerprint density at radius 3 is 1.59 bits per heavy atom. The Balaban J connectivity index is 0.000000224. The zero-order valence-electron chi connectivity index (χ0n) is 11.6. The Morgan fingerprint density at radius 2 is 1.27 bits per heavy atom. The third-order valence-electron chi connectivity index (χ3n) is 2.37. The summed E-state index contributed by atoms with van der Waals surface area (Å²) in [6.07, 6.45) is 0. The van der Waals surface area contributed by atoms with Crippen LogP contribution in [-0.4, -0.2) is 15.8 Å². The molecular formula is C14H13N3O5. The van der Waals surface area contributed by atoms with Gasteiger partial charge in [-0.2, -0.15) is 0 Å². The molecule has 8 nitrogen and oxygen atoms in total. The van der Waals surface area contributed by atoms with Crippen LogP contribution in [0.2, 0.25) is 0 Å². The van der Waals surface area contributed by atoms with Gasteiger partial charge in [-0.1, -0.05) is 18.2 Å². The highest BCUT2D eigenvalue weighted by Crippen LogP contribution is 2.16. The van der Waals surface area contributed by atoms with Crippen LogP contribution in [0, 0.1) is 20.2 Å². The first-order chi connectivity index (χ1) is 10.4. The summed E-state index contributed by atoms with van der Waals surface area (Å²) in [4.78, 5) is 29.5. The van der Waals surface area contributed by atoms with Crippen molar-refractivity contribution in [1.29, 1.82) is 0 Å². The Morgan fingerprint density at radius 1 is 0.864 bits per heavy atom. The van der Waals surface area contributed by atoms with Crippen LogP contribution in [0.5, 0.6) is 0 Å². The van der Waals surface area contributed by atoms with E-state index in [-0.39, 0.29) is 17.3 Å². The number of nitrogens with zero attached hydrogens (tertiary/aromatic N) is 2. The zero-order valence-corrected chi connectivity index (χ0v) is 11.6. The number of nitrogens with one attached hydrogen (secondary N) is 1. The number of amides is 1. The Hall–Kier alpha value is -3.29. The van der Waals surface area contributed by atoms with Gasteiger partial charge in [-0.05, 0) is 12.1 Å². The summed E-state index contributed by atoms with van der Waals surface area (Å²) in [6.45, 7) is 1.49. The van der Waals surface area contributed by atoms with Gasteiger partial charge in [0.25, 0.3) is 11.4 Å². The first-order valence-electron chi connectivity index (χ1n) is 6.11. The van der Waals surface area contributed by atoms with Crippen molar-refractivity contribution >= 4 is 23.0 Å². The number of hydrogen-bond acceptors (Lipinski definition) is 5. The normalized spacial score (nSPS) is 9.14. The second kappa shape index (κ2) is 8.10. The van der Waals surface area contributed by atoms with Crippen molar-refractivity contribution in [3.05, 3.63) is 74.8 Å². The molecule has 0 heterocycles. The second-order valence-electron chi connectivity index (χ2n) is 4.08. The number of anilines is 1. The topological polar surface area (TPSA) is 115 Å². The van der Waals surface area contributed by atoms with Gasteiger partial charge in [0, 0.05) is 36.9 Å². The third kappa shape index (κ3) is 5.78. The smallest absolute Gasteiger partial charge is 0.269 e. The number of carbonyl (C=O) groups is 1. The number of nitro groups is 2. The molecule has 2 aromatic carbocycles. The summed E-state index contributed by atoms with van der Waals surface area (Å²) in [5.74, 6) is -0.0359. The van der Waals surface area contributed by atoms with Gasteiger partial charge < -0.3 is 5.32 Å². The van der Waals surface area contributed by atoms with Gasteiger partial charge in [0.05, 0.1) is 9.85 Å². The maximum atomic E-state index is 10.5. The number of carbonyl (C=O) groups excluding carboxylic acids is 1. The molecular weight excluding hydrogens is 290 g/mol. The molecule has 8 heteroatoms. The van der Waals surface area contributed by atoms with E-state index in [0.29, 0.717) is 0 Å². The van der Waals surface area contributed by atoms with E-state index in [4.69, 9.17) is 0 Å². The third-order valence-corrected chi connectivity index (χ3v) is 2.37. The molecule has 0 spiro atoms. The van der Waals surface area contributed by atoms with Crippen molar-refractivity contribution in [2.45, 2.75) is 6.92 Å². The van der Waals surface area contributed by atoms with E-state index in [2.05, 4.69) is 5.32 Å². The summed E-state index contributed by atoms with van der Waals surface area (Å²) in [7, 11) is 0. The molecule has 0 unspecified atom stereocenters. The van der Waals surface area contributed by atoms with Crippen LogP contribution in [0.3, 0.4) is 0 Å². The lowest BCUT2D eigenvalue weighted by Gasteiger charge is -1.98. The number of benzene rings is 2. The molecule has 0 saturated heterocycles. The van der Waals surface area contributed by atoms with Gasteiger partial charge in [0.2, 0.25) is 5.91 Å². The Kier molecular flexibility index (Phi) is 6.17. The molecule has 0 aliphatic heterocycles. The van der Waals surface area contributed by atoms with Crippen LogP contribution in [0.25, 0.3) is 0 Å². The van der Waals surface area contributed by atoms with Gasteiger partial charge in [-0.15, -0.1) is 0 Å². The quantitative estimate of drug-likeness (QED) is 0.690. The van der Waals surface area contributed by atoms with Crippen LogP contribution in [0.15, 0.2) is 54.6 Å². The van der Waals surface area contributed by atoms with E-state index in [0.717, 1.165) is 30.0 Å². The molecule has 2 aromatic rings. The van der Waals surface area contributed by atoms with E-state index >= 15 is 0 Å². The number of rotatable bonds is 3. The fourth-order valence-electron chi connectivity index (χ4n) is 1.42. The molecule has 114 valence electrons. The predicted octanol–water partition coefficient (Wildman–Crippen LogP) is 3.15. The second-order valence-corrected chi connectivity index (χ2v) is 4.08. The van der Waals surface area contributed by atoms with Crippen molar-refractivity contribution in [1.82, 2.24) is 0 Å². The first-order valence-corrected chi connectivity index (χ1v) is 6.11. The lowest BCUT2D eigenvalue weighted by atomic mass is 10.3. The van der Waals surface area contributed by atoms with Crippen LogP contribution in [-0.2, 0) is 4.79 Å². The van der Waals surface area contributed by atoms with Gasteiger partial charge in [-0.3, -0.25) is 25.0 Å². The predicted molar refractivity (Wildman–Crippen MR) is 80.5 cm³/mol. The van der Waals surface area contributed by atoms with Crippen molar-refractivity contribution in [2.75, 3.05) is 5.32 Å². The van der Waals surface area contributed by atoms with Crippen LogP contribution in [0.4, 0.5) is 17.1 Å². The van der Waals surface area contributed by atoms with Gasteiger partial charge in [0.1, 0.15) is 0 Å². The van der Waals surface area contributed by atoms with E-state index in [1.165, 1.54) is 6.92 Å². The monoisotopic (exact) mass is 303 g/mol. The summed E-state index contributed by atoms with van der Waals surface area (Å²) < 4.78 is 0. The standard InChI is InChI=1S/C8H9NO.C6H4N2O4/c1-7(10)9-8-5-3-2-4-6-8;9-7(10)5-1-2-6(4-3-5)8(11)12/h2-6H,1H3,(H,9,10);1-4H. The van der Waals surface area contributed by atoms with Crippen molar-refractivity contribution in [3.8, 4) is 0 Å². The summed E-state index contributed by atoms with van der Waals surface area (Å²) >= 11 is 0. The molecule has 0 aliphatic rings.